The van der Waals surface area contributed by atoms with Gasteiger partial charge in [0.05, 0.1) is 5.75 Å². The van der Waals surface area contributed by atoms with Crippen LogP contribution in [0.3, 0.4) is 0 Å². The number of aromatic nitrogens is 2. The molecule has 84 valence electrons. The highest BCUT2D eigenvalue weighted by Crippen LogP contribution is 2.20. The van der Waals surface area contributed by atoms with Crippen molar-refractivity contribution in [1.29, 1.82) is 0 Å². The molecule has 1 rings (SSSR count). The predicted molar refractivity (Wildman–Crippen MR) is 70.0 cm³/mol. The molecule has 0 fully saturated rings. The zero-order chi connectivity index (χ0) is 11.5. The third-order valence-corrected chi connectivity index (χ3v) is 3.14. The number of nitrogens with one attached hydrogen (secondary N) is 1. The summed E-state index contributed by atoms with van der Waals surface area (Å²) in [6, 6.07) is 1.95. The zero-order valence-electron chi connectivity index (χ0n) is 9.76. The minimum atomic E-state index is 0.0993. The Morgan fingerprint density at radius 1 is 1.47 bits per heavy atom. The summed E-state index contributed by atoms with van der Waals surface area (Å²) in [6.45, 7) is 8.66. The van der Waals surface area contributed by atoms with Crippen molar-refractivity contribution < 1.29 is 0 Å². The maximum Gasteiger partial charge on any atom is 0.130 e. The first-order chi connectivity index (χ1) is 6.93. The molecule has 0 radical (unpaired) electrons. The zero-order valence-corrected chi connectivity index (χ0v) is 11.4. The van der Waals surface area contributed by atoms with Crippen LogP contribution >= 0.6 is 24.0 Å². The molecule has 0 saturated carbocycles. The number of hydrogen-bond acceptors (Lipinski definition) is 3. The van der Waals surface area contributed by atoms with Crippen LogP contribution < -0.4 is 0 Å². The third-order valence-electron chi connectivity index (χ3n) is 2.04. The van der Waals surface area contributed by atoms with E-state index < -0.39 is 0 Å². The SMILES string of the molecule is CCSCc1nc(=S)cc(C(C)(C)C)[nH]1. The second kappa shape index (κ2) is 5.12. The Labute approximate surface area is 101 Å². The fourth-order valence-electron chi connectivity index (χ4n) is 1.18. The lowest BCUT2D eigenvalue weighted by Gasteiger charge is -2.19. The van der Waals surface area contributed by atoms with Crippen LogP contribution in [0.1, 0.15) is 39.2 Å². The summed E-state index contributed by atoms with van der Waals surface area (Å²) in [6.07, 6.45) is 0. The molecule has 0 saturated heterocycles. The Bertz CT molecular complexity index is 377. The van der Waals surface area contributed by atoms with Crippen LogP contribution in [0.5, 0.6) is 0 Å². The van der Waals surface area contributed by atoms with Gasteiger partial charge in [-0.25, -0.2) is 4.98 Å². The fraction of sp³-hybridized carbons (Fsp3) is 0.636. The molecule has 0 aliphatic rings. The van der Waals surface area contributed by atoms with Gasteiger partial charge >= 0.3 is 0 Å². The molecule has 0 amide bonds. The van der Waals surface area contributed by atoms with Gasteiger partial charge in [-0.05, 0) is 11.8 Å². The maximum absolute atomic E-state index is 5.17. The number of hydrogen-bond donors (Lipinski definition) is 1. The molecule has 1 heterocycles. The van der Waals surface area contributed by atoms with Gasteiger partial charge < -0.3 is 4.98 Å². The van der Waals surface area contributed by atoms with Crippen molar-refractivity contribution >= 4 is 24.0 Å². The molecule has 15 heavy (non-hydrogen) atoms. The van der Waals surface area contributed by atoms with Crippen molar-refractivity contribution in [3.63, 3.8) is 0 Å². The van der Waals surface area contributed by atoms with E-state index in [1.54, 1.807) is 0 Å². The molecule has 2 nitrogen and oxygen atoms in total. The van der Waals surface area contributed by atoms with E-state index in [-0.39, 0.29) is 5.41 Å². The molecule has 0 aliphatic heterocycles. The second-order valence-electron chi connectivity index (χ2n) is 4.47. The largest absolute Gasteiger partial charge is 0.346 e. The summed E-state index contributed by atoms with van der Waals surface area (Å²) in [5, 5.41) is 0. The lowest BCUT2D eigenvalue weighted by atomic mass is 9.92. The van der Waals surface area contributed by atoms with Gasteiger partial charge in [-0.15, -0.1) is 0 Å². The van der Waals surface area contributed by atoms with Crippen LogP contribution in [0.25, 0.3) is 0 Å². The van der Waals surface area contributed by atoms with Gasteiger partial charge in [0.25, 0.3) is 0 Å². The number of thioether (sulfide) groups is 1. The van der Waals surface area contributed by atoms with Crippen molar-refractivity contribution in [2.75, 3.05) is 5.75 Å². The Hall–Kier alpha value is -0.350. The Morgan fingerprint density at radius 3 is 2.67 bits per heavy atom. The van der Waals surface area contributed by atoms with Gasteiger partial charge in [-0.3, -0.25) is 0 Å². The third kappa shape index (κ3) is 3.95. The molecule has 0 atom stereocenters. The summed E-state index contributed by atoms with van der Waals surface area (Å²) < 4.78 is 0.686. The van der Waals surface area contributed by atoms with Crippen molar-refractivity contribution in [3.8, 4) is 0 Å². The lowest BCUT2D eigenvalue weighted by molar-refractivity contribution is 0.563. The molecular weight excluding hydrogens is 224 g/mol. The van der Waals surface area contributed by atoms with Crippen LogP contribution in [0.15, 0.2) is 6.07 Å². The van der Waals surface area contributed by atoms with Crippen LogP contribution in [-0.2, 0) is 11.2 Å². The van der Waals surface area contributed by atoms with Crippen molar-refractivity contribution in [2.45, 2.75) is 38.9 Å². The molecule has 1 aromatic heterocycles. The first-order valence-corrected chi connectivity index (χ1v) is 6.68. The molecule has 4 heteroatoms. The highest BCUT2D eigenvalue weighted by molar-refractivity contribution is 7.98. The normalized spacial score (nSPS) is 11.7. The molecule has 0 bridgehead atoms. The molecule has 0 unspecified atom stereocenters. The quantitative estimate of drug-likeness (QED) is 0.820. The summed E-state index contributed by atoms with van der Waals surface area (Å²) in [5.74, 6) is 2.99. The number of nitrogens with zero attached hydrogens (tertiary/aromatic N) is 1. The summed E-state index contributed by atoms with van der Waals surface area (Å²) in [7, 11) is 0. The maximum atomic E-state index is 5.17. The molecule has 1 aromatic rings. The van der Waals surface area contributed by atoms with E-state index in [4.69, 9.17) is 12.2 Å². The first-order valence-electron chi connectivity index (χ1n) is 5.12. The Kier molecular flexibility index (Phi) is 4.34. The van der Waals surface area contributed by atoms with Gasteiger partial charge in [0.2, 0.25) is 0 Å². The highest BCUT2D eigenvalue weighted by Gasteiger charge is 2.15. The van der Waals surface area contributed by atoms with Crippen LogP contribution in [0.2, 0.25) is 0 Å². The average Bonchev–Trinajstić information content (AvgIpc) is 2.12. The van der Waals surface area contributed by atoms with Gasteiger partial charge in [0, 0.05) is 11.1 Å². The lowest BCUT2D eigenvalue weighted by Crippen LogP contribution is -2.15. The smallest absolute Gasteiger partial charge is 0.130 e. The fourth-order valence-corrected chi connectivity index (χ4v) is 1.94. The first kappa shape index (κ1) is 12.7. The number of H-pyrrole nitrogens is 1. The van der Waals surface area contributed by atoms with Crippen LogP contribution in [0, 0.1) is 4.64 Å². The van der Waals surface area contributed by atoms with Crippen molar-refractivity contribution in [1.82, 2.24) is 9.97 Å². The minimum Gasteiger partial charge on any atom is -0.346 e. The summed E-state index contributed by atoms with van der Waals surface area (Å²) >= 11 is 7.02. The van der Waals surface area contributed by atoms with Crippen molar-refractivity contribution in [3.05, 3.63) is 22.2 Å². The second-order valence-corrected chi connectivity index (χ2v) is 6.16. The molecular formula is C11H18N2S2. The van der Waals surface area contributed by atoms with E-state index in [1.165, 1.54) is 0 Å². The van der Waals surface area contributed by atoms with E-state index in [0.717, 1.165) is 23.0 Å². The molecule has 0 spiro atoms. The Balaban J connectivity index is 3.01. The molecule has 0 aromatic carbocycles. The molecule has 0 aliphatic carbocycles. The van der Waals surface area contributed by atoms with Gasteiger partial charge in [0.15, 0.2) is 0 Å². The van der Waals surface area contributed by atoms with E-state index >= 15 is 0 Å². The van der Waals surface area contributed by atoms with Gasteiger partial charge in [0.1, 0.15) is 10.5 Å². The van der Waals surface area contributed by atoms with E-state index in [1.807, 2.05) is 17.8 Å². The number of rotatable bonds is 3. The predicted octanol–water partition coefficient (Wildman–Crippen LogP) is 3.69. The van der Waals surface area contributed by atoms with Crippen molar-refractivity contribution in [2.24, 2.45) is 0 Å². The topological polar surface area (TPSA) is 28.7 Å². The van der Waals surface area contributed by atoms with Crippen LogP contribution in [0.4, 0.5) is 0 Å². The number of aromatic amines is 1. The summed E-state index contributed by atoms with van der Waals surface area (Å²) in [4.78, 5) is 7.68. The molecule has 1 N–H and O–H groups in total. The summed E-state index contributed by atoms with van der Waals surface area (Å²) in [5.41, 5.74) is 1.26. The Morgan fingerprint density at radius 2 is 2.13 bits per heavy atom. The average molecular weight is 242 g/mol. The van der Waals surface area contributed by atoms with E-state index in [0.29, 0.717) is 4.64 Å². The van der Waals surface area contributed by atoms with E-state index in [9.17, 15) is 0 Å². The van der Waals surface area contributed by atoms with E-state index in [2.05, 4.69) is 37.7 Å². The monoisotopic (exact) mass is 242 g/mol. The van der Waals surface area contributed by atoms with Gasteiger partial charge in [-0.1, -0.05) is 39.9 Å². The highest BCUT2D eigenvalue weighted by atomic mass is 32.2. The minimum absolute atomic E-state index is 0.0993. The van der Waals surface area contributed by atoms with Gasteiger partial charge in [-0.2, -0.15) is 11.8 Å². The van der Waals surface area contributed by atoms with Crippen LogP contribution in [-0.4, -0.2) is 15.7 Å². The standard InChI is InChI=1S/C11H18N2S2/c1-5-15-7-9-12-8(11(2,3)4)6-10(14)13-9/h6H,5,7H2,1-4H3,(H,12,13,14).